The summed E-state index contributed by atoms with van der Waals surface area (Å²) in [5, 5.41) is 37.0. The maximum absolute atomic E-state index is 13.3. The Kier molecular flexibility index (Phi) is 18.0. The molecule has 10 N–H and O–H groups in total. The van der Waals surface area contributed by atoms with Gasteiger partial charge in [-0.3, -0.25) is 47.8 Å². The monoisotopic (exact) mass is 1030 g/mol. The molecule has 1 heterocycles. The Morgan fingerprint density at radius 1 is 0.775 bits per heavy atom. The Morgan fingerprint density at radius 2 is 1.42 bits per heavy atom. The first kappa shape index (κ1) is 52.7. The molecule has 0 radical (unpaired) electrons. The van der Waals surface area contributed by atoms with Crippen LogP contribution in [-0.2, 0) is 51.7 Å². The van der Waals surface area contributed by atoms with E-state index in [1.807, 2.05) is 0 Å². The second kappa shape index (κ2) is 24.3. The number of aliphatic carboxylic acids is 1. The minimum atomic E-state index is -3.97. The van der Waals surface area contributed by atoms with Gasteiger partial charge in [0.05, 0.1) is 31.1 Å². The van der Waals surface area contributed by atoms with Crippen LogP contribution in [-0.4, -0.2) is 125 Å². The first-order chi connectivity index (χ1) is 33.8. The van der Waals surface area contributed by atoms with E-state index in [1.165, 1.54) is 88.7 Å². The zero-order valence-corrected chi connectivity index (χ0v) is 39.7. The zero-order valence-electron chi connectivity index (χ0n) is 37.3. The number of anilines is 3. The standard InChI is InChI=1S/C46H46N8O14S3/c47-71(65,66)35-10-1-28(2-11-35)19-34(58)23-53(17-18-54(26-44(61)62)25-43(60)50-29-3-5-30(6-4-29)52-70(63)64)24-42(59)48-15-16-49-46(69)51-31-7-12-36(39(20-31)67-27-55)45-37-13-8-32(56)21-40(37)68-41-22-33(57)9-14-38(41)45/h1-14,20-22,27,52,56H,15-19,23-26H2,(H,48,59)(H,50,60)(H,61,62)(H,63,64)(H2,47,65,66)(H2,49,51,69). The van der Waals surface area contributed by atoms with E-state index >= 15 is 0 Å². The molecular formula is C46H46N8O14S3. The molecule has 0 saturated heterocycles. The Morgan fingerprint density at radius 3 is 2.10 bits per heavy atom. The van der Waals surface area contributed by atoms with Crippen LogP contribution in [0, 0.1) is 0 Å². The second-order valence-corrected chi connectivity index (χ2v) is 18.3. The molecule has 1 unspecified atom stereocenters. The highest BCUT2D eigenvalue weighted by Crippen LogP contribution is 2.44. The molecule has 2 aliphatic rings. The number of hydrogen-bond acceptors (Lipinski definition) is 15. The van der Waals surface area contributed by atoms with Gasteiger partial charge in [-0.25, -0.2) is 17.8 Å². The summed E-state index contributed by atoms with van der Waals surface area (Å²) in [6.45, 7) is -1.23. The minimum Gasteiger partial charge on any atom is -0.508 e. The molecule has 1 aliphatic heterocycles. The van der Waals surface area contributed by atoms with E-state index in [-0.39, 0.29) is 103 Å². The number of Topliss-reactive ketones (excluding diaryl/α,β-unsaturated/α-hetero) is 1. The molecule has 25 heteroatoms. The molecule has 0 saturated carbocycles. The van der Waals surface area contributed by atoms with Crippen molar-refractivity contribution in [2.24, 2.45) is 5.14 Å². The zero-order chi connectivity index (χ0) is 51.2. The number of hydrogen-bond donors (Lipinski definition) is 9. The molecule has 1 atom stereocenters. The summed E-state index contributed by atoms with van der Waals surface area (Å²) in [7, 11) is -3.97. The van der Waals surface area contributed by atoms with Gasteiger partial charge in [-0.2, -0.15) is 0 Å². The van der Waals surface area contributed by atoms with Gasteiger partial charge in [0.25, 0.3) is 17.7 Å². The summed E-state index contributed by atoms with van der Waals surface area (Å²) < 4.78 is 57.1. The molecule has 1 aliphatic carbocycles. The van der Waals surface area contributed by atoms with Crippen LogP contribution in [0.1, 0.15) is 5.56 Å². The summed E-state index contributed by atoms with van der Waals surface area (Å²) in [4.78, 5) is 78.0. The lowest BCUT2D eigenvalue weighted by molar-refractivity contribution is -0.139. The Balaban J connectivity index is 1.07. The fraction of sp³-hybridized carbons (Fsp3) is 0.196. The fourth-order valence-corrected chi connectivity index (χ4v) is 8.35. The van der Waals surface area contributed by atoms with Gasteiger partial charge in [-0.05, 0) is 90.6 Å². The van der Waals surface area contributed by atoms with E-state index in [2.05, 4.69) is 26.0 Å². The predicted molar refractivity (Wildman–Crippen MR) is 267 cm³/mol. The van der Waals surface area contributed by atoms with Crippen molar-refractivity contribution >= 4 is 96.7 Å². The Bertz CT molecular complexity index is 3120. The summed E-state index contributed by atoms with van der Waals surface area (Å²) in [5.41, 5.74) is 3.09. The first-order valence-electron chi connectivity index (χ1n) is 21.2. The number of fused-ring (bicyclic) bond motifs is 2. The average Bonchev–Trinajstić information content (AvgIpc) is 3.29. The number of ether oxygens (including phenoxy) is 1. The molecule has 2 amide bonds. The van der Waals surface area contributed by atoms with Crippen LogP contribution in [0.15, 0.2) is 117 Å². The number of thiocarbonyl (C=S) groups is 1. The molecule has 0 aromatic heterocycles. The smallest absolute Gasteiger partial charge is 0.317 e. The van der Waals surface area contributed by atoms with Crippen molar-refractivity contribution in [1.82, 2.24) is 20.4 Å². The third-order valence-electron chi connectivity index (χ3n) is 10.3. The van der Waals surface area contributed by atoms with Crippen molar-refractivity contribution in [3.63, 3.8) is 0 Å². The number of phenols is 1. The number of nitrogens with zero attached hydrogens (tertiary/aromatic N) is 2. The summed E-state index contributed by atoms with van der Waals surface area (Å²) in [5.74, 6) is -2.38. The highest BCUT2D eigenvalue weighted by molar-refractivity contribution is 7.89. The van der Waals surface area contributed by atoms with Gasteiger partial charge in [-0.1, -0.05) is 12.1 Å². The molecular weight excluding hydrogens is 985 g/mol. The van der Waals surface area contributed by atoms with E-state index in [0.717, 1.165) is 0 Å². The van der Waals surface area contributed by atoms with Crippen molar-refractivity contribution in [1.29, 1.82) is 0 Å². The number of nitrogens with two attached hydrogens (primary N) is 1. The average molecular weight is 1030 g/mol. The SMILES string of the molecule is NS(=O)(=O)c1ccc(CC(=O)CN(CCN(CC(=O)O)CC(=O)Nc2ccc(NS(=O)O)cc2)CC(=O)NCCNC(=S)Nc2ccc(-c3c4ccc(=O)cc-4oc4cc(O)ccc34)c(OC=O)c2)cc1. The van der Waals surface area contributed by atoms with Crippen molar-refractivity contribution in [3.05, 3.63) is 119 Å². The number of amides is 2. The van der Waals surface area contributed by atoms with E-state index in [1.54, 1.807) is 24.3 Å². The first-order valence-corrected chi connectivity index (χ1v) is 24.2. The number of benzene rings is 5. The maximum atomic E-state index is 13.3. The van der Waals surface area contributed by atoms with Crippen LogP contribution < -0.4 is 41.3 Å². The van der Waals surface area contributed by atoms with E-state index < -0.39 is 45.6 Å². The lowest BCUT2D eigenvalue weighted by Gasteiger charge is -2.26. The molecule has 0 bridgehead atoms. The Hall–Kier alpha value is -7.65. The van der Waals surface area contributed by atoms with Crippen LogP contribution in [0.4, 0.5) is 17.1 Å². The quantitative estimate of drug-likeness (QED) is 0.0138. The highest BCUT2D eigenvalue weighted by atomic mass is 32.2. The van der Waals surface area contributed by atoms with Gasteiger partial charge in [0, 0.05) is 89.9 Å². The van der Waals surface area contributed by atoms with Gasteiger partial charge >= 0.3 is 5.97 Å². The molecule has 372 valence electrons. The molecule has 0 spiro atoms. The minimum absolute atomic E-state index is 0.0414. The number of phenolic OH excluding ortho intramolecular Hbond substituents is 1. The van der Waals surface area contributed by atoms with Gasteiger partial charge < -0.3 is 40.6 Å². The van der Waals surface area contributed by atoms with Crippen LogP contribution in [0.3, 0.4) is 0 Å². The molecule has 4 aromatic carbocycles. The summed E-state index contributed by atoms with van der Waals surface area (Å²) in [6.07, 6.45) is -0.141. The summed E-state index contributed by atoms with van der Waals surface area (Å²) >= 11 is 3.18. The largest absolute Gasteiger partial charge is 0.508 e. The number of aromatic hydroxyl groups is 1. The number of carbonyl (C=O) groups is 5. The van der Waals surface area contributed by atoms with E-state index in [4.69, 9.17) is 31.1 Å². The van der Waals surface area contributed by atoms with Gasteiger partial charge in [0.2, 0.25) is 21.8 Å². The molecule has 71 heavy (non-hydrogen) atoms. The van der Waals surface area contributed by atoms with Crippen molar-refractivity contribution in [3.8, 4) is 33.9 Å². The number of carboxylic acid groups (broad SMARTS) is 1. The van der Waals surface area contributed by atoms with Crippen molar-refractivity contribution in [2.75, 3.05) is 67.7 Å². The topological polar surface area (TPSA) is 329 Å². The van der Waals surface area contributed by atoms with E-state index in [0.29, 0.717) is 44.7 Å². The van der Waals surface area contributed by atoms with Gasteiger partial charge in [0.15, 0.2) is 16.3 Å². The highest BCUT2D eigenvalue weighted by Gasteiger charge is 2.23. The fourth-order valence-electron chi connectivity index (χ4n) is 7.28. The number of nitrogens with one attached hydrogen (secondary N) is 5. The van der Waals surface area contributed by atoms with Crippen molar-refractivity contribution in [2.45, 2.75) is 11.3 Å². The van der Waals surface area contributed by atoms with Crippen LogP contribution in [0.2, 0.25) is 0 Å². The molecule has 4 aromatic rings. The Labute approximate surface area is 413 Å². The number of ketones is 1. The summed E-state index contributed by atoms with van der Waals surface area (Å²) in [6, 6.07) is 24.9. The third-order valence-corrected chi connectivity index (χ3v) is 11.9. The normalized spacial score (nSPS) is 11.8. The second-order valence-electron chi connectivity index (χ2n) is 15.7. The van der Waals surface area contributed by atoms with Crippen LogP contribution in [0.5, 0.6) is 11.5 Å². The number of sulfonamides is 1. The number of carbonyl (C=O) groups excluding carboxylic acids is 4. The number of carboxylic acids is 1. The molecule has 6 rings (SSSR count). The molecule has 22 nitrogen and oxygen atoms in total. The molecule has 0 fully saturated rings. The maximum Gasteiger partial charge on any atom is 0.317 e. The van der Waals surface area contributed by atoms with Crippen molar-refractivity contribution < 1.29 is 60.5 Å². The van der Waals surface area contributed by atoms with Crippen LogP contribution >= 0.6 is 12.2 Å². The van der Waals surface area contributed by atoms with Crippen LogP contribution in [0.25, 0.3) is 33.4 Å². The van der Waals surface area contributed by atoms with E-state index in [9.17, 15) is 51.6 Å². The van der Waals surface area contributed by atoms with Gasteiger partial charge in [0.1, 0.15) is 22.8 Å². The predicted octanol–water partition coefficient (Wildman–Crippen LogP) is 2.54. The van der Waals surface area contributed by atoms with Gasteiger partial charge in [-0.15, -0.1) is 0 Å². The lowest BCUT2D eigenvalue weighted by atomic mass is 9.93. The number of rotatable bonds is 24. The lowest BCUT2D eigenvalue weighted by Crippen LogP contribution is -2.46. The number of primary sulfonamides is 1. The third kappa shape index (κ3) is 15.7.